The lowest BCUT2D eigenvalue weighted by atomic mass is 10.2. The van der Waals surface area contributed by atoms with Crippen LogP contribution in [0.15, 0.2) is 21.6 Å². The summed E-state index contributed by atoms with van der Waals surface area (Å²) in [6.45, 7) is 9.29. The highest BCUT2D eigenvalue weighted by Crippen LogP contribution is 2.19. The largest absolute Gasteiger partial charge is 0.447 e. The zero-order valence-corrected chi connectivity index (χ0v) is 13.1. The number of rotatable bonds is 7. The first-order chi connectivity index (χ1) is 8.75. The van der Waals surface area contributed by atoms with E-state index in [2.05, 4.69) is 19.2 Å². The van der Waals surface area contributed by atoms with Crippen LogP contribution in [-0.4, -0.2) is 32.4 Å². The molecule has 110 valence electrons. The summed E-state index contributed by atoms with van der Waals surface area (Å²) in [5.74, 6) is 1.18. The summed E-state index contributed by atoms with van der Waals surface area (Å²) < 4.78 is 31.1. The van der Waals surface area contributed by atoms with E-state index < -0.39 is 10.0 Å². The Balaban J connectivity index is 2.74. The van der Waals surface area contributed by atoms with Crippen molar-refractivity contribution in [3.8, 4) is 0 Å². The van der Waals surface area contributed by atoms with Crippen LogP contribution in [0.25, 0.3) is 0 Å². The summed E-state index contributed by atoms with van der Waals surface area (Å²) in [6, 6.07) is 3.12. The number of nitrogens with one attached hydrogen (secondary N) is 1. The van der Waals surface area contributed by atoms with Crippen molar-refractivity contribution in [2.75, 3.05) is 13.6 Å². The van der Waals surface area contributed by atoms with Crippen molar-refractivity contribution in [1.82, 2.24) is 9.62 Å². The Morgan fingerprint density at radius 1 is 1.26 bits per heavy atom. The van der Waals surface area contributed by atoms with E-state index in [0.29, 0.717) is 18.2 Å². The summed E-state index contributed by atoms with van der Waals surface area (Å²) in [4.78, 5) is 0. The predicted molar refractivity (Wildman–Crippen MR) is 75.3 cm³/mol. The Hall–Kier alpha value is -0.850. The number of hydrogen-bond donors (Lipinski definition) is 1. The van der Waals surface area contributed by atoms with E-state index in [4.69, 9.17) is 4.42 Å². The van der Waals surface area contributed by atoms with Gasteiger partial charge < -0.3 is 9.73 Å². The molecular weight excluding hydrogens is 264 g/mol. The van der Waals surface area contributed by atoms with Crippen LogP contribution < -0.4 is 5.32 Å². The molecule has 0 radical (unpaired) electrons. The van der Waals surface area contributed by atoms with Crippen LogP contribution in [0.3, 0.4) is 0 Å². The molecule has 0 unspecified atom stereocenters. The molecule has 0 atom stereocenters. The SMILES string of the molecule is CC(C)CNCc1ccc(S(=O)(=O)N(C)C(C)C)o1. The molecule has 0 aromatic carbocycles. The van der Waals surface area contributed by atoms with Crippen LogP contribution in [0, 0.1) is 5.92 Å². The molecule has 0 bridgehead atoms. The van der Waals surface area contributed by atoms with Crippen LogP contribution in [-0.2, 0) is 16.6 Å². The van der Waals surface area contributed by atoms with E-state index in [1.165, 1.54) is 10.4 Å². The first-order valence-electron chi connectivity index (χ1n) is 6.52. The van der Waals surface area contributed by atoms with Crippen LogP contribution in [0.5, 0.6) is 0 Å². The van der Waals surface area contributed by atoms with Crippen LogP contribution >= 0.6 is 0 Å². The minimum atomic E-state index is -3.52. The van der Waals surface area contributed by atoms with Crippen LogP contribution in [0.4, 0.5) is 0 Å². The number of nitrogens with zero attached hydrogens (tertiary/aromatic N) is 1. The molecule has 0 spiro atoms. The van der Waals surface area contributed by atoms with E-state index in [0.717, 1.165) is 6.54 Å². The molecule has 1 heterocycles. The quantitative estimate of drug-likeness (QED) is 0.834. The maximum Gasteiger partial charge on any atom is 0.276 e. The van der Waals surface area contributed by atoms with Crippen molar-refractivity contribution in [1.29, 1.82) is 0 Å². The van der Waals surface area contributed by atoms with Gasteiger partial charge in [-0.25, -0.2) is 8.42 Å². The van der Waals surface area contributed by atoms with Gasteiger partial charge in [0, 0.05) is 13.1 Å². The first-order valence-corrected chi connectivity index (χ1v) is 7.96. The molecule has 0 fully saturated rings. The molecule has 6 heteroatoms. The van der Waals surface area contributed by atoms with Gasteiger partial charge in [0.25, 0.3) is 10.0 Å². The van der Waals surface area contributed by atoms with E-state index in [-0.39, 0.29) is 11.1 Å². The molecule has 0 aliphatic rings. The van der Waals surface area contributed by atoms with Gasteiger partial charge in [0.2, 0.25) is 5.09 Å². The molecule has 0 aliphatic heterocycles. The number of sulfonamides is 1. The maximum absolute atomic E-state index is 12.2. The Morgan fingerprint density at radius 3 is 2.42 bits per heavy atom. The van der Waals surface area contributed by atoms with Crippen LogP contribution in [0.1, 0.15) is 33.5 Å². The fourth-order valence-corrected chi connectivity index (χ4v) is 2.79. The fourth-order valence-electron chi connectivity index (χ4n) is 1.50. The average Bonchev–Trinajstić information content (AvgIpc) is 2.76. The van der Waals surface area contributed by atoms with Gasteiger partial charge in [0.05, 0.1) is 6.54 Å². The van der Waals surface area contributed by atoms with Gasteiger partial charge in [0.15, 0.2) is 0 Å². The first kappa shape index (κ1) is 16.2. The van der Waals surface area contributed by atoms with Gasteiger partial charge in [0.1, 0.15) is 5.76 Å². The van der Waals surface area contributed by atoms with Gasteiger partial charge in [-0.1, -0.05) is 13.8 Å². The second-order valence-corrected chi connectivity index (χ2v) is 7.29. The van der Waals surface area contributed by atoms with E-state index in [1.54, 1.807) is 13.1 Å². The van der Waals surface area contributed by atoms with Gasteiger partial charge in [-0.05, 0) is 38.4 Å². The minimum absolute atomic E-state index is 0.00467. The maximum atomic E-state index is 12.2. The van der Waals surface area contributed by atoms with Crippen molar-refractivity contribution >= 4 is 10.0 Å². The average molecular weight is 288 g/mol. The van der Waals surface area contributed by atoms with Crippen molar-refractivity contribution in [2.45, 2.75) is 45.4 Å². The highest BCUT2D eigenvalue weighted by atomic mass is 32.2. The molecule has 0 amide bonds. The monoisotopic (exact) mass is 288 g/mol. The van der Waals surface area contributed by atoms with Crippen molar-refractivity contribution in [2.24, 2.45) is 5.92 Å². The van der Waals surface area contributed by atoms with Gasteiger partial charge >= 0.3 is 0 Å². The molecule has 0 aliphatic carbocycles. The Bertz CT molecular complexity index is 492. The molecule has 1 aromatic heterocycles. The second kappa shape index (κ2) is 6.54. The van der Waals surface area contributed by atoms with Gasteiger partial charge in [-0.3, -0.25) is 0 Å². The Labute approximate surface area is 116 Å². The van der Waals surface area contributed by atoms with Crippen LogP contribution in [0.2, 0.25) is 0 Å². The Morgan fingerprint density at radius 2 is 1.89 bits per heavy atom. The number of furan rings is 1. The molecular formula is C13H24N2O3S. The minimum Gasteiger partial charge on any atom is -0.447 e. The summed E-state index contributed by atoms with van der Waals surface area (Å²) in [7, 11) is -1.97. The van der Waals surface area contributed by atoms with E-state index >= 15 is 0 Å². The van der Waals surface area contributed by atoms with E-state index in [1.807, 2.05) is 13.8 Å². The third kappa shape index (κ3) is 4.33. The summed E-state index contributed by atoms with van der Waals surface area (Å²) >= 11 is 0. The lowest BCUT2D eigenvalue weighted by Gasteiger charge is -2.19. The summed E-state index contributed by atoms with van der Waals surface area (Å²) in [5.41, 5.74) is 0. The lowest BCUT2D eigenvalue weighted by molar-refractivity contribution is 0.360. The van der Waals surface area contributed by atoms with Crippen molar-refractivity contribution in [3.05, 3.63) is 17.9 Å². The van der Waals surface area contributed by atoms with Gasteiger partial charge in [-0.2, -0.15) is 4.31 Å². The fraction of sp³-hybridized carbons (Fsp3) is 0.692. The lowest BCUT2D eigenvalue weighted by Crippen LogP contribution is -2.32. The Kier molecular flexibility index (Phi) is 5.58. The normalized spacial score (nSPS) is 12.8. The van der Waals surface area contributed by atoms with E-state index in [9.17, 15) is 8.42 Å². The molecule has 19 heavy (non-hydrogen) atoms. The topological polar surface area (TPSA) is 62.6 Å². The van der Waals surface area contributed by atoms with Crippen molar-refractivity contribution < 1.29 is 12.8 Å². The predicted octanol–water partition coefficient (Wildman–Crippen LogP) is 2.05. The smallest absolute Gasteiger partial charge is 0.276 e. The second-order valence-electron chi connectivity index (χ2n) is 5.36. The molecule has 5 nitrogen and oxygen atoms in total. The highest BCUT2D eigenvalue weighted by Gasteiger charge is 2.26. The molecule has 1 aromatic rings. The summed E-state index contributed by atoms with van der Waals surface area (Å²) in [6.07, 6.45) is 0. The molecule has 1 N–H and O–H groups in total. The molecule has 0 saturated carbocycles. The zero-order chi connectivity index (χ0) is 14.6. The third-order valence-corrected chi connectivity index (χ3v) is 4.76. The van der Waals surface area contributed by atoms with Gasteiger partial charge in [-0.15, -0.1) is 0 Å². The highest BCUT2D eigenvalue weighted by molar-refractivity contribution is 7.89. The zero-order valence-electron chi connectivity index (χ0n) is 12.3. The molecule has 1 rings (SSSR count). The standard InChI is InChI=1S/C13H24N2O3S/c1-10(2)8-14-9-12-6-7-13(18-12)19(16,17)15(5)11(3)4/h6-7,10-11,14H,8-9H2,1-5H3. The third-order valence-electron chi connectivity index (χ3n) is 2.85. The summed E-state index contributed by atoms with van der Waals surface area (Å²) in [5, 5.41) is 3.22. The molecule has 0 saturated heterocycles. The van der Waals surface area contributed by atoms with Crippen molar-refractivity contribution in [3.63, 3.8) is 0 Å². The number of hydrogen-bond acceptors (Lipinski definition) is 4.